The summed E-state index contributed by atoms with van der Waals surface area (Å²) in [6, 6.07) is 21.5. The number of aromatic amines is 1. The van der Waals surface area contributed by atoms with Crippen molar-refractivity contribution in [1.29, 1.82) is 0 Å². The van der Waals surface area contributed by atoms with Gasteiger partial charge in [0.2, 0.25) is 0 Å². The van der Waals surface area contributed by atoms with Crippen LogP contribution in [0.2, 0.25) is 0 Å². The number of nitrogens with zero attached hydrogens (tertiary/aromatic N) is 8. The lowest BCUT2D eigenvalue weighted by molar-refractivity contribution is 0.0512. The number of aryl methyl sites for hydroxylation is 6. The molecule has 0 radical (unpaired) electrons. The molecule has 28 heteroatoms. The second-order valence-corrected chi connectivity index (χ2v) is 24.8. The molecule has 4 aromatic carbocycles. The topological polar surface area (TPSA) is 232 Å². The molecule has 0 fully saturated rings. The number of halogens is 8. The highest BCUT2D eigenvalue weighted by Gasteiger charge is 2.25. The van der Waals surface area contributed by atoms with E-state index < -0.39 is 35.1 Å². The van der Waals surface area contributed by atoms with Gasteiger partial charge in [0, 0.05) is 102 Å². The van der Waals surface area contributed by atoms with Gasteiger partial charge in [0.15, 0.2) is 11.6 Å². The summed E-state index contributed by atoms with van der Waals surface area (Å²) in [5, 5.41) is 14.7. The minimum atomic E-state index is -0.754. The van der Waals surface area contributed by atoms with Gasteiger partial charge in [-0.05, 0) is 210 Å². The summed E-state index contributed by atoms with van der Waals surface area (Å²) in [6.45, 7) is 24.2. The molecule has 0 bridgehead atoms. The standard InChI is InChI=1S/C18H12F2IN3O.C18H13F2N3O.C13H16BrFO4.C13H17BrO4.C12H11N3O/c1-9-17(10(2)25-23-9)11-5-13-15(21)8-24(18(13)22-7-11)16-4-3-12(19)6-14(16)20;1-10-17(11(2)24-22-10)13-7-12-5-6-23(18(12)21-9-13)16-4-3-14(19)8-15(16)20;1-4-17-9-7-8(13(16)19-6-3)11(15)12(10(9)14)18-5-2;1-4-16-10-7-9(13(15)18-6-3)8-11(12(10)14)17-5-2;1-7-11(8(2)16-15-7)10-5-9-3-4-13-12(9)14-6-10/h3-8H,1-2H3;3-9H,1-2H3;7H,4-6H2,1-3H3;7-8H,4-6H2,1-3H3;3-6H,1-2H3,(H,13,14). The first kappa shape index (κ1) is 76.2. The Balaban J connectivity index is 0.000000150. The third-order valence-electron chi connectivity index (χ3n) is 15.2. The van der Waals surface area contributed by atoms with E-state index in [-0.39, 0.29) is 41.9 Å². The van der Waals surface area contributed by atoms with Gasteiger partial charge >= 0.3 is 11.9 Å². The number of rotatable bonds is 17. The second kappa shape index (κ2) is 34.6. The molecule has 102 heavy (non-hydrogen) atoms. The highest BCUT2D eigenvalue weighted by atomic mass is 127. The molecule has 20 nitrogen and oxygen atoms in total. The Morgan fingerprint density at radius 1 is 0.520 bits per heavy atom. The number of hydrogen-bond donors (Lipinski definition) is 1. The maximum atomic E-state index is 14.2. The minimum Gasteiger partial charge on any atom is -0.493 e. The molecule has 9 heterocycles. The van der Waals surface area contributed by atoms with Gasteiger partial charge in [-0.3, -0.25) is 9.13 Å². The number of benzene rings is 4. The maximum absolute atomic E-state index is 14.2. The number of pyridine rings is 3. The third-order valence-corrected chi connectivity index (χ3v) is 17.5. The van der Waals surface area contributed by atoms with Gasteiger partial charge in [-0.15, -0.1) is 0 Å². The SMILES string of the molecule is CCOC(=O)c1cc(OCC)c(Br)c(OCC)c1.CCOC(=O)c1cc(OCC)c(Br)c(OCC)c1F.Cc1noc(C)c1-c1cnc2[nH]ccc2c1.Cc1noc(C)c1-c1cnc2c(c1)c(I)cn2-c1ccc(F)cc1F.Cc1noc(C)c1-c1cnc2c(ccn2-c2ccc(F)cc2F)c1. The highest BCUT2D eigenvalue weighted by molar-refractivity contribution is 14.1. The van der Waals surface area contributed by atoms with Crippen LogP contribution in [0.3, 0.4) is 0 Å². The molecule has 0 saturated heterocycles. The third kappa shape index (κ3) is 17.3. The van der Waals surface area contributed by atoms with E-state index in [0.29, 0.717) is 69.5 Å². The summed E-state index contributed by atoms with van der Waals surface area (Å²) in [4.78, 5) is 39.8. The van der Waals surface area contributed by atoms with Gasteiger partial charge in [0.25, 0.3) is 0 Å². The Labute approximate surface area is 613 Å². The van der Waals surface area contributed by atoms with Gasteiger partial charge < -0.3 is 47.0 Å². The van der Waals surface area contributed by atoms with E-state index in [1.807, 2.05) is 92.0 Å². The van der Waals surface area contributed by atoms with Crippen LogP contribution < -0.4 is 18.9 Å². The first-order valence-electron chi connectivity index (χ1n) is 31.9. The van der Waals surface area contributed by atoms with Crippen LogP contribution in [-0.4, -0.2) is 96.1 Å². The van der Waals surface area contributed by atoms with Crippen LogP contribution in [0.4, 0.5) is 22.0 Å². The van der Waals surface area contributed by atoms with Crippen molar-refractivity contribution in [2.24, 2.45) is 0 Å². The number of H-pyrrole nitrogens is 1. The van der Waals surface area contributed by atoms with Crippen molar-refractivity contribution in [1.82, 2.24) is 44.5 Å². The Hall–Kier alpha value is -9.94. The number of nitrogens with one attached hydrogen (secondary N) is 1. The van der Waals surface area contributed by atoms with Crippen LogP contribution in [0.25, 0.3) is 77.9 Å². The van der Waals surface area contributed by atoms with Crippen molar-refractivity contribution < 1.29 is 73.5 Å². The zero-order valence-corrected chi connectivity index (χ0v) is 62.7. The molecule has 0 unspecified atom stereocenters. The molecule has 9 aromatic heterocycles. The largest absolute Gasteiger partial charge is 0.493 e. The van der Waals surface area contributed by atoms with Crippen molar-refractivity contribution in [3.63, 3.8) is 0 Å². The molecule has 0 atom stereocenters. The predicted molar refractivity (Wildman–Crippen MR) is 391 cm³/mol. The highest BCUT2D eigenvalue weighted by Crippen LogP contribution is 2.41. The van der Waals surface area contributed by atoms with Gasteiger partial charge in [-0.25, -0.2) is 46.5 Å². The minimum absolute atomic E-state index is 0.0449. The molecule has 0 spiro atoms. The number of carbonyl (C=O) groups excluding carboxylic acids is 2. The summed E-state index contributed by atoms with van der Waals surface area (Å²) in [6.07, 6.45) is 10.6. The fourth-order valence-electron chi connectivity index (χ4n) is 10.8. The molecular formula is C74H69Br2F5IN9O11. The molecule has 0 saturated carbocycles. The van der Waals surface area contributed by atoms with Crippen LogP contribution in [-0.2, 0) is 9.47 Å². The van der Waals surface area contributed by atoms with Crippen molar-refractivity contribution in [3.8, 4) is 67.8 Å². The molecule has 0 aliphatic heterocycles. The van der Waals surface area contributed by atoms with Gasteiger partial charge in [-0.1, -0.05) is 15.5 Å². The smallest absolute Gasteiger partial charge is 0.341 e. The second-order valence-electron chi connectivity index (χ2n) is 22.0. The van der Waals surface area contributed by atoms with Gasteiger partial charge in [0.1, 0.15) is 89.2 Å². The monoisotopic (exact) mass is 1640 g/mol. The van der Waals surface area contributed by atoms with E-state index in [2.05, 4.69) is 95.9 Å². The van der Waals surface area contributed by atoms with Crippen LogP contribution in [0.5, 0.6) is 23.0 Å². The van der Waals surface area contributed by atoms with Gasteiger partial charge in [0.05, 0.1) is 73.7 Å². The van der Waals surface area contributed by atoms with E-state index in [1.165, 1.54) is 30.3 Å². The van der Waals surface area contributed by atoms with Crippen LogP contribution in [0.15, 0.2) is 145 Å². The maximum Gasteiger partial charge on any atom is 0.341 e. The number of aromatic nitrogens is 9. The molecule has 0 aliphatic carbocycles. The molecule has 0 aliphatic rings. The first-order chi connectivity index (χ1) is 48.9. The summed E-state index contributed by atoms with van der Waals surface area (Å²) < 4.78 is 121. The zero-order chi connectivity index (χ0) is 73.6. The van der Waals surface area contributed by atoms with E-state index in [9.17, 15) is 31.5 Å². The van der Waals surface area contributed by atoms with Crippen LogP contribution in [0.1, 0.15) is 96.6 Å². The average molecular weight is 1640 g/mol. The van der Waals surface area contributed by atoms with Crippen molar-refractivity contribution >= 4 is 99.5 Å². The lowest BCUT2D eigenvalue weighted by Crippen LogP contribution is -2.10. The van der Waals surface area contributed by atoms with Gasteiger partial charge in [-0.2, -0.15) is 0 Å². The van der Waals surface area contributed by atoms with Crippen LogP contribution >= 0.6 is 54.5 Å². The van der Waals surface area contributed by atoms with E-state index in [0.717, 1.165) is 105 Å². The zero-order valence-electron chi connectivity index (χ0n) is 57.4. The quantitative estimate of drug-likeness (QED) is 0.0507. The molecule has 0 amide bonds. The fraction of sp³-hybridized carbons (Fsp3) is 0.243. The average Bonchev–Trinajstić information content (AvgIpc) is 1.59. The number of carbonyl (C=O) groups is 2. The van der Waals surface area contributed by atoms with Crippen molar-refractivity contribution in [2.45, 2.75) is 83.1 Å². The van der Waals surface area contributed by atoms with Crippen LogP contribution in [0, 0.1) is 74.2 Å². The predicted octanol–water partition coefficient (Wildman–Crippen LogP) is 19.6. The number of hydrogen-bond acceptors (Lipinski definition) is 17. The Morgan fingerprint density at radius 2 is 0.990 bits per heavy atom. The Kier molecular flexibility index (Phi) is 25.9. The summed E-state index contributed by atoms with van der Waals surface area (Å²) in [5.74, 6) is -0.650. The summed E-state index contributed by atoms with van der Waals surface area (Å²) in [5.41, 5.74) is 11.0. The number of ether oxygens (including phenoxy) is 6. The molecule has 532 valence electrons. The normalized spacial score (nSPS) is 10.9. The van der Waals surface area contributed by atoms with E-state index in [1.54, 1.807) is 73.7 Å². The lowest BCUT2D eigenvalue weighted by atomic mass is 10.1. The molecule has 13 rings (SSSR count). The summed E-state index contributed by atoms with van der Waals surface area (Å²) in [7, 11) is 0. The number of fused-ring (bicyclic) bond motifs is 3. The Bertz CT molecular complexity index is 5060. The van der Waals surface area contributed by atoms with Crippen molar-refractivity contribution in [3.05, 3.63) is 209 Å². The lowest BCUT2D eigenvalue weighted by Gasteiger charge is -2.14. The van der Waals surface area contributed by atoms with Crippen molar-refractivity contribution in [2.75, 3.05) is 39.6 Å². The van der Waals surface area contributed by atoms with E-state index in [4.69, 9.17) is 42.0 Å². The molecular weight excluding hydrogens is 1570 g/mol. The summed E-state index contributed by atoms with van der Waals surface area (Å²) >= 11 is 8.80. The number of esters is 2. The first-order valence-corrected chi connectivity index (χ1v) is 34.6. The Morgan fingerprint density at radius 3 is 1.48 bits per heavy atom. The molecule has 13 aromatic rings. The fourth-order valence-corrected chi connectivity index (χ4v) is 12.4. The van der Waals surface area contributed by atoms with E-state index >= 15 is 0 Å². The molecule has 1 N–H and O–H groups in total.